The Balaban J connectivity index is 2.32. The second-order valence-corrected chi connectivity index (χ2v) is 3.16. The van der Waals surface area contributed by atoms with E-state index >= 15 is 0 Å². The molecule has 0 amide bonds. The summed E-state index contributed by atoms with van der Waals surface area (Å²) >= 11 is 0. The van der Waals surface area contributed by atoms with Crippen LogP contribution in [0.3, 0.4) is 0 Å². The van der Waals surface area contributed by atoms with E-state index in [2.05, 4.69) is 19.2 Å². The molecule has 0 radical (unpaired) electrons. The van der Waals surface area contributed by atoms with E-state index in [0.29, 0.717) is 0 Å². The molecule has 0 saturated carbocycles. The minimum absolute atomic E-state index is 0.118. The summed E-state index contributed by atoms with van der Waals surface area (Å²) in [6.07, 6.45) is 2.45. The summed E-state index contributed by atoms with van der Waals surface area (Å²) in [5.74, 6) is 0. The predicted octanol–water partition coefficient (Wildman–Crippen LogP) is 1.17. The van der Waals surface area contributed by atoms with Crippen LogP contribution >= 0.6 is 0 Å². The van der Waals surface area contributed by atoms with Crippen LogP contribution in [0.5, 0.6) is 0 Å². The first-order chi connectivity index (χ1) is 4.77. The highest BCUT2D eigenvalue weighted by Crippen LogP contribution is 2.19. The van der Waals surface area contributed by atoms with Crippen LogP contribution in [-0.2, 0) is 4.74 Å². The van der Waals surface area contributed by atoms with E-state index in [4.69, 9.17) is 4.74 Å². The Morgan fingerprint density at radius 3 is 2.90 bits per heavy atom. The maximum absolute atomic E-state index is 5.61. The van der Waals surface area contributed by atoms with Crippen molar-refractivity contribution in [2.75, 3.05) is 19.7 Å². The van der Waals surface area contributed by atoms with Crippen LogP contribution in [0, 0.1) is 0 Å². The van der Waals surface area contributed by atoms with Gasteiger partial charge in [0.15, 0.2) is 0 Å². The first-order valence-electron chi connectivity index (χ1n) is 4.11. The Labute approximate surface area is 63.0 Å². The first-order valence-corrected chi connectivity index (χ1v) is 4.11. The van der Waals surface area contributed by atoms with Crippen LogP contribution in [0.2, 0.25) is 0 Å². The van der Waals surface area contributed by atoms with Crippen LogP contribution in [0.1, 0.15) is 26.7 Å². The highest BCUT2D eigenvalue weighted by molar-refractivity contribution is 4.82. The topological polar surface area (TPSA) is 21.3 Å². The van der Waals surface area contributed by atoms with Gasteiger partial charge in [-0.05, 0) is 33.2 Å². The first kappa shape index (κ1) is 8.02. The van der Waals surface area contributed by atoms with Crippen molar-refractivity contribution in [3.8, 4) is 0 Å². The van der Waals surface area contributed by atoms with Crippen molar-refractivity contribution >= 4 is 0 Å². The molecule has 1 aliphatic rings. The maximum atomic E-state index is 5.61. The summed E-state index contributed by atoms with van der Waals surface area (Å²) in [4.78, 5) is 0. The molecule has 0 spiro atoms. The Morgan fingerprint density at radius 1 is 1.60 bits per heavy atom. The van der Waals surface area contributed by atoms with Gasteiger partial charge in [-0.3, -0.25) is 0 Å². The van der Waals surface area contributed by atoms with Gasteiger partial charge >= 0.3 is 0 Å². The Morgan fingerprint density at radius 2 is 2.40 bits per heavy atom. The smallest absolute Gasteiger partial charge is 0.0778 e. The largest absolute Gasteiger partial charge is 0.374 e. The maximum Gasteiger partial charge on any atom is 0.0778 e. The SMILES string of the molecule is CCOC1(C)CCCNC1. The number of piperidine rings is 1. The minimum atomic E-state index is 0.118. The van der Waals surface area contributed by atoms with Gasteiger partial charge in [0, 0.05) is 13.2 Å². The van der Waals surface area contributed by atoms with E-state index < -0.39 is 0 Å². The Hall–Kier alpha value is -0.0800. The van der Waals surface area contributed by atoms with Crippen LogP contribution < -0.4 is 5.32 Å². The molecule has 1 N–H and O–H groups in total. The summed E-state index contributed by atoms with van der Waals surface area (Å²) in [6.45, 7) is 7.24. The van der Waals surface area contributed by atoms with Crippen molar-refractivity contribution in [1.82, 2.24) is 5.32 Å². The molecule has 0 aliphatic carbocycles. The zero-order valence-electron chi connectivity index (χ0n) is 6.94. The molecule has 1 fully saturated rings. The fourth-order valence-electron chi connectivity index (χ4n) is 1.50. The molecular weight excluding hydrogens is 126 g/mol. The van der Waals surface area contributed by atoms with Gasteiger partial charge in [-0.1, -0.05) is 0 Å². The average Bonchev–Trinajstić information content (AvgIpc) is 1.89. The van der Waals surface area contributed by atoms with Crippen molar-refractivity contribution in [3.05, 3.63) is 0 Å². The lowest BCUT2D eigenvalue weighted by atomic mass is 9.96. The van der Waals surface area contributed by atoms with Gasteiger partial charge < -0.3 is 10.1 Å². The second kappa shape index (κ2) is 3.35. The van der Waals surface area contributed by atoms with Gasteiger partial charge in [-0.25, -0.2) is 0 Å². The monoisotopic (exact) mass is 143 g/mol. The quantitative estimate of drug-likeness (QED) is 0.626. The molecule has 2 heteroatoms. The van der Waals surface area contributed by atoms with Crippen molar-refractivity contribution in [2.24, 2.45) is 0 Å². The molecule has 0 aromatic heterocycles. The fraction of sp³-hybridized carbons (Fsp3) is 1.00. The van der Waals surface area contributed by atoms with Crippen molar-refractivity contribution < 1.29 is 4.74 Å². The second-order valence-electron chi connectivity index (χ2n) is 3.16. The molecule has 60 valence electrons. The fourth-order valence-corrected chi connectivity index (χ4v) is 1.50. The molecule has 0 aromatic carbocycles. The molecule has 1 aliphatic heterocycles. The molecule has 1 rings (SSSR count). The van der Waals surface area contributed by atoms with Gasteiger partial charge in [-0.15, -0.1) is 0 Å². The highest BCUT2D eigenvalue weighted by Gasteiger charge is 2.26. The number of rotatable bonds is 2. The Bertz CT molecular complexity index is 91.9. The standard InChI is InChI=1S/C8H17NO/c1-3-10-8(2)5-4-6-9-7-8/h9H,3-7H2,1-2H3. The third-order valence-electron chi connectivity index (χ3n) is 2.05. The summed E-state index contributed by atoms with van der Waals surface area (Å²) in [5, 5.41) is 3.34. The summed E-state index contributed by atoms with van der Waals surface area (Å²) in [6, 6.07) is 0. The van der Waals surface area contributed by atoms with Gasteiger partial charge in [0.1, 0.15) is 0 Å². The molecule has 2 nitrogen and oxygen atoms in total. The highest BCUT2D eigenvalue weighted by atomic mass is 16.5. The van der Waals surface area contributed by atoms with Gasteiger partial charge in [0.05, 0.1) is 5.60 Å². The lowest BCUT2D eigenvalue weighted by molar-refractivity contribution is -0.0401. The summed E-state index contributed by atoms with van der Waals surface area (Å²) < 4.78 is 5.61. The number of hydrogen-bond donors (Lipinski definition) is 1. The van der Waals surface area contributed by atoms with Crippen LogP contribution in [0.25, 0.3) is 0 Å². The van der Waals surface area contributed by atoms with E-state index in [1.54, 1.807) is 0 Å². The average molecular weight is 143 g/mol. The predicted molar refractivity (Wildman–Crippen MR) is 42.1 cm³/mol. The number of ether oxygens (including phenoxy) is 1. The van der Waals surface area contributed by atoms with Gasteiger partial charge in [-0.2, -0.15) is 0 Å². The Kier molecular flexibility index (Phi) is 2.69. The molecule has 10 heavy (non-hydrogen) atoms. The van der Waals surface area contributed by atoms with Gasteiger partial charge in [0.25, 0.3) is 0 Å². The lowest BCUT2D eigenvalue weighted by Crippen LogP contribution is -2.45. The van der Waals surface area contributed by atoms with Crippen LogP contribution in [-0.4, -0.2) is 25.3 Å². The molecular formula is C8H17NO. The van der Waals surface area contributed by atoms with Crippen molar-refractivity contribution in [2.45, 2.75) is 32.3 Å². The van der Waals surface area contributed by atoms with E-state index in [1.807, 2.05) is 0 Å². The van der Waals surface area contributed by atoms with Gasteiger partial charge in [0.2, 0.25) is 0 Å². The lowest BCUT2D eigenvalue weighted by Gasteiger charge is -2.33. The minimum Gasteiger partial charge on any atom is -0.374 e. The van der Waals surface area contributed by atoms with Crippen molar-refractivity contribution in [3.63, 3.8) is 0 Å². The summed E-state index contributed by atoms with van der Waals surface area (Å²) in [5.41, 5.74) is 0.118. The molecule has 1 saturated heterocycles. The third-order valence-corrected chi connectivity index (χ3v) is 2.05. The zero-order valence-corrected chi connectivity index (χ0v) is 6.94. The summed E-state index contributed by atoms with van der Waals surface area (Å²) in [7, 11) is 0. The van der Waals surface area contributed by atoms with E-state index in [1.165, 1.54) is 12.8 Å². The normalized spacial score (nSPS) is 34.2. The number of nitrogens with one attached hydrogen (secondary N) is 1. The molecule has 0 bridgehead atoms. The molecule has 1 heterocycles. The molecule has 1 atom stereocenters. The zero-order chi connectivity index (χ0) is 7.45. The molecule has 0 aromatic rings. The van der Waals surface area contributed by atoms with Crippen LogP contribution in [0.4, 0.5) is 0 Å². The molecule has 1 unspecified atom stereocenters. The third kappa shape index (κ3) is 1.96. The van der Waals surface area contributed by atoms with E-state index in [-0.39, 0.29) is 5.60 Å². The van der Waals surface area contributed by atoms with Crippen molar-refractivity contribution in [1.29, 1.82) is 0 Å². The van der Waals surface area contributed by atoms with Crippen LogP contribution in [0.15, 0.2) is 0 Å². The van der Waals surface area contributed by atoms with E-state index in [0.717, 1.165) is 19.7 Å². The van der Waals surface area contributed by atoms with E-state index in [9.17, 15) is 0 Å². The number of hydrogen-bond acceptors (Lipinski definition) is 2.